The number of fused-ring (bicyclic) bond motifs is 1. The van der Waals surface area contributed by atoms with Crippen molar-refractivity contribution in [1.82, 2.24) is 0 Å². The fourth-order valence-corrected chi connectivity index (χ4v) is 3.17. The molecule has 0 saturated heterocycles. The Kier molecular flexibility index (Phi) is 4.38. The summed E-state index contributed by atoms with van der Waals surface area (Å²) >= 11 is 0. The first kappa shape index (κ1) is 16.9. The van der Waals surface area contributed by atoms with E-state index < -0.39 is 0 Å². The second kappa shape index (κ2) is 7.00. The smallest absolute Gasteiger partial charge is 0.343 e. The summed E-state index contributed by atoms with van der Waals surface area (Å²) in [6.07, 6.45) is 3.53. The van der Waals surface area contributed by atoms with E-state index in [-0.39, 0.29) is 5.97 Å². The number of cyclic esters (lactones) is 1. The van der Waals surface area contributed by atoms with E-state index in [1.807, 2.05) is 54.6 Å². The molecule has 0 spiro atoms. The van der Waals surface area contributed by atoms with Gasteiger partial charge in [-0.05, 0) is 35.1 Å². The summed E-state index contributed by atoms with van der Waals surface area (Å²) in [6.45, 7) is 0. The highest BCUT2D eigenvalue weighted by atomic mass is 16.5. The predicted octanol–water partition coefficient (Wildman–Crippen LogP) is 4.84. The third-order valence-electron chi connectivity index (χ3n) is 4.53. The maximum Gasteiger partial charge on any atom is 0.343 e. The van der Waals surface area contributed by atoms with Gasteiger partial charge < -0.3 is 14.2 Å². The SMILES string of the molecule is COc1ccc(C=C2C=C(c3cccc4ccccc34)OC2=O)c(OC)c1. The standard InChI is InChI=1S/C23H18O4/c1-25-18-11-10-16(21(14-18)26-2)12-17-13-22(27-23(17)24)20-9-5-7-15-6-3-4-8-19(15)20/h3-14H,1-2H3. The van der Waals surface area contributed by atoms with Gasteiger partial charge in [0.15, 0.2) is 0 Å². The lowest BCUT2D eigenvalue weighted by Gasteiger charge is -2.07. The van der Waals surface area contributed by atoms with Crippen LogP contribution in [0, 0.1) is 0 Å². The molecule has 0 fully saturated rings. The molecular weight excluding hydrogens is 340 g/mol. The first-order valence-electron chi connectivity index (χ1n) is 8.55. The van der Waals surface area contributed by atoms with Crippen LogP contribution in [0.15, 0.2) is 72.3 Å². The molecule has 0 bridgehead atoms. The van der Waals surface area contributed by atoms with Crippen molar-refractivity contribution in [3.63, 3.8) is 0 Å². The third-order valence-corrected chi connectivity index (χ3v) is 4.53. The molecule has 4 nitrogen and oxygen atoms in total. The Morgan fingerprint density at radius 3 is 2.56 bits per heavy atom. The van der Waals surface area contributed by atoms with Crippen LogP contribution in [0.25, 0.3) is 22.6 Å². The second-order valence-corrected chi connectivity index (χ2v) is 6.13. The molecule has 3 aromatic carbocycles. The van der Waals surface area contributed by atoms with Crippen LogP contribution in [0.4, 0.5) is 0 Å². The van der Waals surface area contributed by atoms with Gasteiger partial charge in [0.05, 0.1) is 19.8 Å². The van der Waals surface area contributed by atoms with Crippen LogP contribution < -0.4 is 9.47 Å². The van der Waals surface area contributed by atoms with Gasteiger partial charge in [0.2, 0.25) is 0 Å². The number of carbonyl (C=O) groups is 1. The molecule has 0 aromatic heterocycles. The highest BCUT2D eigenvalue weighted by Crippen LogP contribution is 2.33. The van der Waals surface area contributed by atoms with E-state index in [0.29, 0.717) is 22.8 Å². The Bertz CT molecular complexity index is 1090. The van der Waals surface area contributed by atoms with Crippen LogP contribution in [0.5, 0.6) is 11.5 Å². The molecule has 1 heterocycles. The minimum atomic E-state index is -0.379. The molecule has 0 saturated carbocycles. The Hall–Kier alpha value is -3.53. The van der Waals surface area contributed by atoms with E-state index in [1.165, 1.54) is 0 Å². The number of ether oxygens (including phenoxy) is 3. The zero-order valence-corrected chi connectivity index (χ0v) is 15.1. The van der Waals surface area contributed by atoms with Crippen molar-refractivity contribution in [2.75, 3.05) is 14.2 Å². The maximum atomic E-state index is 12.4. The molecule has 0 unspecified atom stereocenters. The number of carbonyl (C=O) groups excluding carboxylic acids is 1. The summed E-state index contributed by atoms with van der Waals surface area (Å²) in [4.78, 5) is 12.4. The van der Waals surface area contributed by atoms with E-state index in [1.54, 1.807) is 32.4 Å². The van der Waals surface area contributed by atoms with Crippen LogP contribution in [0.1, 0.15) is 11.1 Å². The fraction of sp³-hybridized carbons (Fsp3) is 0.0870. The van der Waals surface area contributed by atoms with Crippen molar-refractivity contribution in [2.45, 2.75) is 0 Å². The van der Waals surface area contributed by atoms with E-state index in [0.717, 1.165) is 21.9 Å². The van der Waals surface area contributed by atoms with Gasteiger partial charge in [0, 0.05) is 17.2 Å². The molecule has 0 radical (unpaired) electrons. The average molecular weight is 358 g/mol. The minimum Gasteiger partial charge on any atom is -0.497 e. The Labute approximate surface area is 157 Å². The van der Waals surface area contributed by atoms with E-state index in [2.05, 4.69) is 0 Å². The summed E-state index contributed by atoms with van der Waals surface area (Å²) in [5, 5.41) is 2.14. The normalized spacial score (nSPS) is 15.0. The van der Waals surface area contributed by atoms with Crippen LogP contribution >= 0.6 is 0 Å². The summed E-state index contributed by atoms with van der Waals surface area (Å²) < 4.78 is 16.2. The molecule has 4 rings (SSSR count). The summed E-state index contributed by atoms with van der Waals surface area (Å²) in [5.41, 5.74) is 2.15. The Balaban J connectivity index is 1.76. The number of benzene rings is 3. The summed E-state index contributed by atoms with van der Waals surface area (Å²) in [6, 6.07) is 19.4. The molecule has 27 heavy (non-hydrogen) atoms. The van der Waals surface area contributed by atoms with Crippen molar-refractivity contribution in [2.24, 2.45) is 0 Å². The molecule has 0 aliphatic carbocycles. The number of methoxy groups -OCH3 is 2. The largest absolute Gasteiger partial charge is 0.497 e. The van der Waals surface area contributed by atoms with Gasteiger partial charge in [-0.15, -0.1) is 0 Å². The van der Waals surface area contributed by atoms with Gasteiger partial charge >= 0.3 is 5.97 Å². The van der Waals surface area contributed by atoms with Gasteiger partial charge in [-0.25, -0.2) is 4.79 Å². The predicted molar refractivity (Wildman–Crippen MR) is 106 cm³/mol. The van der Waals surface area contributed by atoms with E-state index in [4.69, 9.17) is 14.2 Å². The van der Waals surface area contributed by atoms with Gasteiger partial charge in [-0.1, -0.05) is 42.5 Å². The molecular formula is C23H18O4. The van der Waals surface area contributed by atoms with Crippen LogP contribution in [-0.4, -0.2) is 20.2 Å². The first-order valence-corrected chi connectivity index (χ1v) is 8.55. The number of hydrogen-bond donors (Lipinski definition) is 0. The second-order valence-electron chi connectivity index (χ2n) is 6.13. The van der Waals surface area contributed by atoms with Crippen molar-refractivity contribution in [3.8, 4) is 11.5 Å². The third kappa shape index (κ3) is 3.17. The quantitative estimate of drug-likeness (QED) is 0.495. The van der Waals surface area contributed by atoms with Crippen molar-refractivity contribution in [3.05, 3.63) is 83.4 Å². The molecule has 0 N–H and O–H groups in total. The van der Waals surface area contributed by atoms with Gasteiger partial charge in [-0.3, -0.25) is 0 Å². The zero-order valence-electron chi connectivity index (χ0n) is 15.1. The molecule has 0 amide bonds. The number of rotatable bonds is 4. The lowest BCUT2D eigenvalue weighted by molar-refractivity contribution is -0.130. The van der Waals surface area contributed by atoms with Crippen molar-refractivity contribution < 1.29 is 19.0 Å². The topological polar surface area (TPSA) is 44.8 Å². The summed E-state index contributed by atoms with van der Waals surface area (Å²) in [7, 11) is 3.18. The number of esters is 1. The fourth-order valence-electron chi connectivity index (χ4n) is 3.17. The monoisotopic (exact) mass is 358 g/mol. The molecule has 3 aromatic rings. The Morgan fingerprint density at radius 2 is 1.74 bits per heavy atom. The van der Waals surface area contributed by atoms with Crippen molar-refractivity contribution >= 4 is 28.6 Å². The van der Waals surface area contributed by atoms with Gasteiger partial charge in [0.1, 0.15) is 17.3 Å². The van der Waals surface area contributed by atoms with E-state index in [9.17, 15) is 4.79 Å². The Morgan fingerprint density at radius 1 is 0.926 bits per heavy atom. The maximum absolute atomic E-state index is 12.4. The van der Waals surface area contributed by atoms with Crippen LogP contribution in [-0.2, 0) is 9.53 Å². The molecule has 1 aliphatic rings. The molecule has 4 heteroatoms. The lowest BCUT2D eigenvalue weighted by Crippen LogP contribution is -1.98. The highest BCUT2D eigenvalue weighted by molar-refractivity contribution is 6.07. The first-order chi connectivity index (χ1) is 13.2. The average Bonchev–Trinajstić information content (AvgIpc) is 3.08. The lowest BCUT2D eigenvalue weighted by atomic mass is 10.0. The van der Waals surface area contributed by atoms with E-state index >= 15 is 0 Å². The summed E-state index contributed by atoms with van der Waals surface area (Å²) in [5.74, 6) is 1.49. The van der Waals surface area contributed by atoms with Crippen LogP contribution in [0.2, 0.25) is 0 Å². The molecule has 0 atom stereocenters. The molecule has 134 valence electrons. The van der Waals surface area contributed by atoms with Crippen molar-refractivity contribution in [1.29, 1.82) is 0 Å². The van der Waals surface area contributed by atoms with Gasteiger partial charge in [0.25, 0.3) is 0 Å². The van der Waals surface area contributed by atoms with Crippen LogP contribution in [0.3, 0.4) is 0 Å². The zero-order chi connectivity index (χ0) is 18.8. The molecule has 1 aliphatic heterocycles. The van der Waals surface area contributed by atoms with Gasteiger partial charge in [-0.2, -0.15) is 0 Å². The minimum absolute atomic E-state index is 0.379. The highest BCUT2D eigenvalue weighted by Gasteiger charge is 2.23. The number of hydrogen-bond acceptors (Lipinski definition) is 4.